The molecule has 5 nitrogen and oxygen atoms in total. The van der Waals surface area contributed by atoms with E-state index in [1.807, 2.05) is 67.6 Å². The van der Waals surface area contributed by atoms with Crippen LogP contribution >= 0.6 is 0 Å². The smallest absolute Gasteiger partial charge is 0.232 e. The lowest BCUT2D eigenvalue weighted by atomic mass is 10.0. The monoisotopic (exact) mass is 428 g/mol. The zero-order valence-electron chi connectivity index (χ0n) is 18.3. The third-order valence-corrected chi connectivity index (χ3v) is 5.13. The number of allylic oxidation sites excluding steroid dienone is 1. The van der Waals surface area contributed by atoms with Gasteiger partial charge in [-0.25, -0.2) is 0 Å². The van der Waals surface area contributed by atoms with Crippen LogP contribution in [0.5, 0.6) is 23.0 Å². The molecule has 4 rings (SSSR count). The molecule has 1 aliphatic rings. The fraction of sp³-hybridized carbons (Fsp3) is 0.148. The highest BCUT2D eigenvalue weighted by atomic mass is 16.5. The Hall–Kier alpha value is -3.99. The zero-order chi connectivity index (χ0) is 22.5. The van der Waals surface area contributed by atoms with Gasteiger partial charge in [0.2, 0.25) is 5.78 Å². The minimum absolute atomic E-state index is 0.161. The summed E-state index contributed by atoms with van der Waals surface area (Å²) in [5.41, 5.74) is 3.19. The van der Waals surface area contributed by atoms with Crippen LogP contribution in [0, 0.1) is 6.92 Å². The van der Waals surface area contributed by atoms with Crippen molar-refractivity contribution in [2.75, 3.05) is 20.8 Å². The molecule has 0 fully saturated rings. The molecule has 32 heavy (non-hydrogen) atoms. The summed E-state index contributed by atoms with van der Waals surface area (Å²) in [6.07, 6.45) is 5.64. The molecule has 3 aromatic carbocycles. The van der Waals surface area contributed by atoms with Crippen LogP contribution in [-0.2, 0) is 0 Å². The second-order valence-electron chi connectivity index (χ2n) is 7.29. The lowest BCUT2D eigenvalue weighted by Crippen LogP contribution is -2.00. The summed E-state index contributed by atoms with van der Waals surface area (Å²) < 4.78 is 22.4. The van der Waals surface area contributed by atoms with Crippen LogP contribution in [0.4, 0.5) is 0 Å². The largest absolute Gasteiger partial charge is 0.497 e. The van der Waals surface area contributed by atoms with E-state index in [2.05, 4.69) is 0 Å². The van der Waals surface area contributed by atoms with Gasteiger partial charge < -0.3 is 18.9 Å². The van der Waals surface area contributed by atoms with Crippen LogP contribution in [0.15, 0.2) is 72.5 Å². The van der Waals surface area contributed by atoms with E-state index < -0.39 is 0 Å². The number of aryl methyl sites for hydroxylation is 1. The third-order valence-electron chi connectivity index (χ3n) is 5.13. The maximum absolute atomic E-state index is 13.0. The quantitative estimate of drug-likeness (QED) is 0.451. The number of hydrogen-bond donors (Lipinski definition) is 0. The van der Waals surface area contributed by atoms with E-state index in [9.17, 15) is 4.79 Å². The standard InChI is InChI=1S/C27H24O5/c1-18-14-22(31-13-7-10-19-8-5-4-6-9-19)17-24-26(18)27(28)25(32-24)15-20-11-12-21(29-2)16-23(20)30-3/h4-12,14-17H,13H2,1-3H3/b10-7+,25-15-. The number of hydrogen-bond acceptors (Lipinski definition) is 5. The van der Waals surface area contributed by atoms with E-state index in [0.29, 0.717) is 35.2 Å². The topological polar surface area (TPSA) is 54.0 Å². The van der Waals surface area contributed by atoms with Gasteiger partial charge in [-0.05, 0) is 48.4 Å². The van der Waals surface area contributed by atoms with Crippen LogP contribution in [-0.4, -0.2) is 26.6 Å². The summed E-state index contributed by atoms with van der Waals surface area (Å²) in [6, 6.07) is 19.0. The summed E-state index contributed by atoms with van der Waals surface area (Å²) in [5, 5.41) is 0. The van der Waals surface area contributed by atoms with Gasteiger partial charge in [0, 0.05) is 17.7 Å². The second kappa shape index (κ2) is 9.43. The lowest BCUT2D eigenvalue weighted by Gasteiger charge is -2.08. The maximum Gasteiger partial charge on any atom is 0.232 e. The molecule has 0 bridgehead atoms. The predicted octanol–water partition coefficient (Wildman–Crippen LogP) is 5.72. The Kier molecular flexibility index (Phi) is 6.26. The maximum atomic E-state index is 13.0. The highest BCUT2D eigenvalue weighted by molar-refractivity contribution is 6.15. The molecule has 0 saturated carbocycles. The molecule has 162 valence electrons. The van der Waals surface area contributed by atoms with Gasteiger partial charge in [-0.2, -0.15) is 0 Å². The first-order valence-electron chi connectivity index (χ1n) is 10.2. The zero-order valence-corrected chi connectivity index (χ0v) is 18.3. The second-order valence-corrected chi connectivity index (χ2v) is 7.29. The average molecular weight is 428 g/mol. The number of ether oxygens (including phenoxy) is 4. The first kappa shape index (κ1) is 21.2. The van der Waals surface area contributed by atoms with Gasteiger partial charge >= 0.3 is 0 Å². The fourth-order valence-corrected chi connectivity index (χ4v) is 3.53. The van der Waals surface area contributed by atoms with Crippen LogP contribution in [0.2, 0.25) is 0 Å². The van der Waals surface area contributed by atoms with Crippen LogP contribution in [0.1, 0.15) is 27.0 Å². The Morgan fingerprint density at radius 2 is 1.75 bits per heavy atom. The van der Waals surface area contributed by atoms with Crippen molar-refractivity contribution in [3.8, 4) is 23.0 Å². The van der Waals surface area contributed by atoms with Gasteiger partial charge in [-0.3, -0.25) is 4.79 Å². The molecule has 0 N–H and O–H groups in total. The van der Waals surface area contributed by atoms with Crippen molar-refractivity contribution in [1.29, 1.82) is 0 Å². The van der Waals surface area contributed by atoms with Gasteiger partial charge in [-0.15, -0.1) is 0 Å². The molecular weight excluding hydrogens is 404 g/mol. The summed E-state index contributed by atoms with van der Waals surface area (Å²) >= 11 is 0. The molecule has 1 heterocycles. The van der Waals surface area contributed by atoms with Crippen molar-refractivity contribution >= 4 is 17.9 Å². The number of ketones is 1. The van der Waals surface area contributed by atoms with E-state index >= 15 is 0 Å². The Bertz CT molecular complexity index is 1190. The van der Waals surface area contributed by atoms with Crippen molar-refractivity contribution in [3.63, 3.8) is 0 Å². The van der Waals surface area contributed by atoms with Crippen molar-refractivity contribution in [3.05, 3.63) is 94.8 Å². The lowest BCUT2D eigenvalue weighted by molar-refractivity contribution is 0.101. The van der Waals surface area contributed by atoms with Crippen molar-refractivity contribution in [2.45, 2.75) is 6.92 Å². The number of carbonyl (C=O) groups excluding carboxylic acids is 1. The first-order valence-corrected chi connectivity index (χ1v) is 10.2. The van der Waals surface area contributed by atoms with Gasteiger partial charge in [0.05, 0.1) is 19.8 Å². The number of carbonyl (C=O) groups is 1. The van der Waals surface area contributed by atoms with Crippen molar-refractivity contribution in [2.24, 2.45) is 0 Å². The van der Waals surface area contributed by atoms with E-state index in [0.717, 1.165) is 16.7 Å². The molecule has 0 aromatic heterocycles. The van der Waals surface area contributed by atoms with Crippen LogP contribution in [0.25, 0.3) is 12.2 Å². The van der Waals surface area contributed by atoms with Gasteiger partial charge in [0.15, 0.2) is 5.76 Å². The Balaban J connectivity index is 1.52. The average Bonchev–Trinajstić information content (AvgIpc) is 3.13. The summed E-state index contributed by atoms with van der Waals surface area (Å²) in [4.78, 5) is 13.0. The summed E-state index contributed by atoms with van der Waals surface area (Å²) in [6.45, 7) is 2.29. The molecule has 0 atom stereocenters. The molecular formula is C27H24O5. The summed E-state index contributed by atoms with van der Waals surface area (Å²) in [5.74, 6) is 2.49. The van der Waals surface area contributed by atoms with Crippen LogP contribution in [0.3, 0.4) is 0 Å². The predicted molar refractivity (Wildman–Crippen MR) is 125 cm³/mol. The van der Waals surface area contributed by atoms with E-state index in [1.165, 1.54) is 0 Å². The number of fused-ring (bicyclic) bond motifs is 1. The molecule has 0 saturated heterocycles. The molecule has 3 aromatic rings. The molecule has 0 amide bonds. The number of methoxy groups -OCH3 is 2. The Morgan fingerprint density at radius 3 is 2.50 bits per heavy atom. The van der Waals surface area contributed by atoms with Gasteiger partial charge in [0.1, 0.15) is 29.6 Å². The highest BCUT2D eigenvalue weighted by Gasteiger charge is 2.30. The molecule has 0 spiro atoms. The third kappa shape index (κ3) is 4.52. The number of benzene rings is 3. The fourth-order valence-electron chi connectivity index (χ4n) is 3.53. The number of rotatable bonds is 7. The highest BCUT2D eigenvalue weighted by Crippen LogP contribution is 2.38. The van der Waals surface area contributed by atoms with Crippen molar-refractivity contribution < 1.29 is 23.7 Å². The van der Waals surface area contributed by atoms with Gasteiger partial charge in [0.25, 0.3) is 0 Å². The first-order chi connectivity index (χ1) is 15.6. The minimum Gasteiger partial charge on any atom is -0.497 e. The molecule has 1 aliphatic heterocycles. The minimum atomic E-state index is -0.161. The normalized spacial score (nSPS) is 13.8. The molecule has 0 aliphatic carbocycles. The Morgan fingerprint density at radius 1 is 0.938 bits per heavy atom. The van der Waals surface area contributed by atoms with E-state index in [4.69, 9.17) is 18.9 Å². The summed E-state index contributed by atoms with van der Waals surface area (Å²) in [7, 11) is 3.16. The number of Topliss-reactive ketones (excluding diaryl/α,β-unsaturated/α-hetero) is 1. The molecule has 0 radical (unpaired) electrons. The van der Waals surface area contributed by atoms with E-state index in [-0.39, 0.29) is 11.5 Å². The van der Waals surface area contributed by atoms with Gasteiger partial charge in [-0.1, -0.05) is 36.4 Å². The van der Waals surface area contributed by atoms with E-state index in [1.54, 1.807) is 32.4 Å². The SMILES string of the molecule is COc1ccc(/C=C2\Oc3cc(OC/C=C/c4ccccc4)cc(C)c3C2=O)c(OC)c1. The molecule has 5 heteroatoms. The molecule has 0 unspecified atom stereocenters. The van der Waals surface area contributed by atoms with Crippen LogP contribution < -0.4 is 18.9 Å². The van der Waals surface area contributed by atoms with Crippen molar-refractivity contribution in [1.82, 2.24) is 0 Å². The Labute approximate surface area is 187 Å².